The highest BCUT2D eigenvalue weighted by molar-refractivity contribution is 5.70. The summed E-state index contributed by atoms with van der Waals surface area (Å²) >= 11 is 0. The van der Waals surface area contributed by atoms with Crippen LogP contribution in [0.2, 0.25) is 0 Å². The Morgan fingerprint density at radius 2 is 2.20 bits per heavy atom. The molecule has 0 aliphatic carbocycles. The van der Waals surface area contributed by atoms with E-state index in [-0.39, 0.29) is 36.3 Å². The lowest BCUT2D eigenvalue weighted by molar-refractivity contribution is -0.385. The van der Waals surface area contributed by atoms with Gasteiger partial charge in [-0.15, -0.1) is 0 Å². The number of methoxy groups -OCH3 is 1. The van der Waals surface area contributed by atoms with Gasteiger partial charge in [-0.2, -0.15) is 4.98 Å². The zero-order valence-corrected chi connectivity index (χ0v) is 11.5. The van der Waals surface area contributed by atoms with Crippen LogP contribution in [0, 0.1) is 10.1 Å². The third-order valence-electron chi connectivity index (χ3n) is 2.46. The van der Waals surface area contributed by atoms with Crippen molar-refractivity contribution in [2.45, 2.75) is 13.3 Å². The average Bonchev–Trinajstić information content (AvgIpc) is 2.43. The van der Waals surface area contributed by atoms with Gasteiger partial charge in [-0.05, 0) is 6.92 Å². The first-order chi connectivity index (χ1) is 9.51. The van der Waals surface area contributed by atoms with E-state index in [0.29, 0.717) is 6.61 Å². The van der Waals surface area contributed by atoms with E-state index in [2.05, 4.69) is 9.97 Å². The van der Waals surface area contributed by atoms with Gasteiger partial charge in [-0.25, -0.2) is 4.98 Å². The fourth-order valence-corrected chi connectivity index (χ4v) is 1.54. The molecule has 0 aliphatic rings. The molecule has 0 N–H and O–H groups in total. The first-order valence-electron chi connectivity index (χ1n) is 5.91. The van der Waals surface area contributed by atoms with Gasteiger partial charge in [0, 0.05) is 13.6 Å². The van der Waals surface area contributed by atoms with E-state index in [1.807, 2.05) is 0 Å². The van der Waals surface area contributed by atoms with Gasteiger partial charge in [0.1, 0.15) is 6.33 Å². The Hall–Kier alpha value is -2.45. The van der Waals surface area contributed by atoms with Gasteiger partial charge in [0.25, 0.3) is 5.88 Å². The molecule has 1 heterocycles. The Morgan fingerprint density at radius 3 is 2.75 bits per heavy atom. The molecule has 110 valence electrons. The van der Waals surface area contributed by atoms with Crippen LogP contribution >= 0.6 is 0 Å². The highest BCUT2D eigenvalue weighted by atomic mass is 16.6. The van der Waals surface area contributed by atoms with E-state index < -0.39 is 4.92 Å². The second kappa shape index (κ2) is 7.22. The molecule has 20 heavy (non-hydrogen) atoms. The van der Waals surface area contributed by atoms with Crippen molar-refractivity contribution in [3.8, 4) is 5.88 Å². The lowest BCUT2D eigenvalue weighted by Crippen LogP contribution is -2.24. The van der Waals surface area contributed by atoms with E-state index in [9.17, 15) is 14.9 Å². The first-order valence-corrected chi connectivity index (χ1v) is 5.91. The van der Waals surface area contributed by atoms with Crippen molar-refractivity contribution in [2.75, 3.05) is 32.2 Å². The van der Waals surface area contributed by atoms with Crippen LogP contribution in [-0.2, 0) is 9.53 Å². The van der Waals surface area contributed by atoms with Crippen molar-refractivity contribution in [2.24, 2.45) is 0 Å². The molecule has 0 unspecified atom stereocenters. The fourth-order valence-electron chi connectivity index (χ4n) is 1.54. The van der Waals surface area contributed by atoms with Crippen LogP contribution < -0.4 is 9.64 Å². The first kappa shape index (κ1) is 15.6. The van der Waals surface area contributed by atoms with Gasteiger partial charge >= 0.3 is 11.7 Å². The summed E-state index contributed by atoms with van der Waals surface area (Å²) in [6, 6.07) is 0. The highest BCUT2D eigenvalue weighted by Crippen LogP contribution is 2.32. The Morgan fingerprint density at radius 1 is 1.50 bits per heavy atom. The third kappa shape index (κ3) is 3.77. The number of nitrogens with zero attached hydrogens (tertiary/aromatic N) is 4. The Labute approximate surface area is 115 Å². The van der Waals surface area contributed by atoms with Crippen LogP contribution in [0.4, 0.5) is 11.5 Å². The fraction of sp³-hybridized carbons (Fsp3) is 0.545. The van der Waals surface area contributed by atoms with Crippen molar-refractivity contribution < 1.29 is 19.2 Å². The smallest absolute Gasteiger partial charge is 0.372 e. The third-order valence-corrected chi connectivity index (χ3v) is 2.46. The lowest BCUT2D eigenvalue weighted by atomic mass is 10.3. The minimum atomic E-state index is -0.616. The number of ether oxygens (including phenoxy) is 2. The number of carbonyl (C=O) groups excluding carboxylic acids is 1. The zero-order valence-electron chi connectivity index (χ0n) is 11.5. The molecule has 0 amide bonds. The van der Waals surface area contributed by atoms with Crippen molar-refractivity contribution >= 4 is 17.5 Å². The number of aromatic nitrogens is 2. The Bertz CT molecular complexity index is 494. The lowest BCUT2D eigenvalue weighted by Gasteiger charge is -2.17. The SMILES string of the molecule is CCOC(=O)CCN(C)c1ncnc(OC)c1[N+](=O)[O-]. The van der Waals surface area contributed by atoms with Crippen LogP contribution in [0.5, 0.6) is 5.88 Å². The summed E-state index contributed by atoms with van der Waals surface area (Å²) in [6.45, 7) is 2.24. The molecule has 1 aromatic heterocycles. The molecule has 0 atom stereocenters. The molecule has 0 spiro atoms. The number of nitro groups is 1. The average molecular weight is 284 g/mol. The van der Waals surface area contributed by atoms with Crippen LogP contribution in [0.3, 0.4) is 0 Å². The number of hydrogen-bond donors (Lipinski definition) is 0. The maximum atomic E-state index is 11.3. The van der Waals surface area contributed by atoms with Gasteiger partial charge in [0.15, 0.2) is 0 Å². The molecule has 0 saturated heterocycles. The molecule has 0 radical (unpaired) electrons. The summed E-state index contributed by atoms with van der Waals surface area (Å²) in [6.07, 6.45) is 1.27. The number of esters is 1. The van der Waals surface area contributed by atoms with Crippen LogP contribution in [-0.4, -0.2) is 48.2 Å². The van der Waals surface area contributed by atoms with Gasteiger partial charge < -0.3 is 14.4 Å². The van der Waals surface area contributed by atoms with Gasteiger partial charge in [0.2, 0.25) is 5.82 Å². The molecule has 9 nitrogen and oxygen atoms in total. The largest absolute Gasteiger partial charge is 0.476 e. The van der Waals surface area contributed by atoms with Gasteiger partial charge in [-0.1, -0.05) is 0 Å². The normalized spacial score (nSPS) is 9.95. The standard InChI is InChI=1S/C11H16N4O5/c1-4-20-8(16)5-6-14(2)10-9(15(17)18)11(19-3)13-7-12-10/h7H,4-6H2,1-3H3. The molecule has 0 saturated carbocycles. The molecular formula is C11H16N4O5. The zero-order chi connectivity index (χ0) is 15.1. The number of hydrogen-bond acceptors (Lipinski definition) is 8. The number of anilines is 1. The van der Waals surface area contributed by atoms with Crippen molar-refractivity contribution in [1.29, 1.82) is 0 Å². The molecule has 0 aromatic carbocycles. The van der Waals surface area contributed by atoms with Crippen molar-refractivity contribution in [1.82, 2.24) is 9.97 Å². The predicted octanol–water partition coefficient (Wildman–Crippen LogP) is 0.783. The Kier molecular flexibility index (Phi) is 5.63. The van der Waals surface area contributed by atoms with Crippen molar-refractivity contribution in [3.63, 3.8) is 0 Å². The monoisotopic (exact) mass is 284 g/mol. The second-order valence-corrected chi connectivity index (χ2v) is 3.79. The number of rotatable bonds is 7. The second-order valence-electron chi connectivity index (χ2n) is 3.79. The maximum Gasteiger partial charge on any atom is 0.372 e. The van der Waals surface area contributed by atoms with E-state index in [1.54, 1.807) is 14.0 Å². The topological polar surface area (TPSA) is 108 Å². The molecule has 1 aromatic rings. The van der Waals surface area contributed by atoms with Gasteiger partial charge in [0.05, 0.1) is 25.1 Å². The molecular weight excluding hydrogens is 268 g/mol. The summed E-state index contributed by atoms with van der Waals surface area (Å²) in [4.78, 5) is 30.8. The van der Waals surface area contributed by atoms with Crippen LogP contribution in [0.15, 0.2) is 6.33 Å². The highest BCUT2D eigenvalue weighted by Gasteiger charge is 2.26. The summed E-state index contributed by atoms with van der Waals surface area (Å²) in [7, 11) is 2.88. The van der Waals surface area contributed by atoms with E-state index in [0.717, 1.165) is 0 Å². The molecule has 0 aliphatic heterocycles. The molecule has 1 rings (SSSR count). The van der Waals surface area contributed by atoms with E-state index in [4.69, 9.17) is 9.47 Å². The predicted molar refractivity (Wildman–Crippen MR) is 69.8 cm³/mol. The number of carbonyl (C=O) groups is 1. The molecule has 0 fully saturated rings. The quantitative estimate of drug-likeness (QED) is 0.410. The van der Waals surface area contributed by atoms with E-state index >= 15 is 0 Å². The molecule has 0 bridgehead atoms. The summed E-state index contributed by atoms with van der Waals surface area (Å²) in [5.41, 5.74) is -0.332. The summed E-state index contributed by atoms with van der Waals surface area (Å²) in [5, 5.41) is 11.1. The maximum absolute atomic E-state index is 11.3. The Balaban J connectivity index is 2.89. The van der Waals surface area contributed by atoms with Crippen LogP contribution in [0.1, 0.15) is 13.3 Å². The van der Waals surface area contributed by atoms with Crippen molar-refractivity contribution in [3.05, 3.63) is 16.4 Å². The summed E-state index contributed by atoms with van der Waals surface area (Å²) in [5.74, 6) is -0.405. The van der Waals surface area contributed by atoms with Gasteiger partial charge in [-0.3, -0.25) is 14.9 Å². The summed E-state index contributed by atoms with van der Waals surface area (Å²) < 4.78 is 9.64. The van der Waals surface area contributed by atoms with E-state index in [1.165, 1.54) is 18.3 Å². The minimum absolute atomic E-state index is 0.0890. The minimum Gasteiger partial charge on any atom is -0.476 e. The van der Waals surface area contributed by atoms with Crippen LogP contribution in [0.25, 0.3) is 0 Å². The molecule has 9 heteroatoms.